The average Bonchev–Trinajstić information content (AvgIpc) is 2.26. The highest BCUT2D eigenvalue weighted by Crippen LogP contribution is 2.14. The van der Waals surface area contributed by atoms with Gasteiger partial charge < -0.3 is 4.90 Å². The molecule has 0 aromatic heterocycles. The Kier molecular flexibility index (Phi) is 4.76. The van der Waals surface area contributed by atoms with Crippen molar-refractivity contribution < 1.29 is 4.79 Å². The Morgan fingerprint density at radius 3 is 2.44 bits per heavy atom. The van der Waals surface area contributed by atoms with Gasteiger partial charge in [0, 0.05) is 18.6 Å². The first-order chi connectivity index (χ1) is 7.50. The molecule has 0 saturated heterocycles. The van der Waals surface area contributed by atoms with Gasteiger partial charge in [-0.1, -0.05) is 27.5 Å². The summed E-state index contributed by atoms with van der Waals surface area (Å²) < 4.78 is 0.970. The fourth-order valence-electron chi connectivity index (χ4n) is 0.870. The van der Waals surface area contributed by atoms with Crippen molar-refractivity contribution in [2.45, 2.75) is 0 Å². The molecular formula is C10H11BrClN3O. The molecule has 16 heavy (non-hydrogen) atoms. The monoisotopic (exact) mass is 303 g/mol. The smallest absolute Gasteiger partial charge is 0.285 e. The summed E-state index contributed by atoms with van der Waals surface area (Å²) in [6, 6.07) is 7.36. The van der Waals surface area contributed by atoms with E-state index in [0.717, 1.165) is 10.2 Å². The number of anilines is 1. The van der Waals surface area contributed by atoms with Crippen LogP contribution in [0.1, 0.15) is 0 Å². The number of hydrogen-bond acceptors (Lipinski definition) is 3. The van der Waals surface area contributed by atoms with Crippen LogP contribution in [0.5, 0.6) is 0 Å². The van der Waals surface area contributed by atoms with Gasteiger partial charge in [-0.15, -0.1) is 0 Å². The molecule has 1 aromatic carbocycles. The van der Waals surface area contributed by atoms with Crippen molar-refractivity contribution in [2.24, 2.45) is 5.10 Å². The van der Waals surface area contributed by atoms with E-state index >= 15 is 0 Å². The van der Waals surface area contributed by atoms with Crippen molar-refractivity contribution in [3.8, 4) is 0 Å². The van der Waals surface area contributed by atoms with Crippen LogP contribution in [0, 0.1) is 0 Å². The van der Waals surface area contributed by atoms with Gasteiger partial charge in [-0.05, 0) is 24.3 Å². The molecular weight excluding hydrogens is 293 g/mol. The summed E-state index contributed by atoms with van der Waals surface area (Å²) in [7, 11) is 3.22. The lowest BCUT2D eigenvalue weighted by molar-refractivity contribution is -0.121. The Labute approximate surface area is 107 Å². The first kappa shape index (κ1) is 13.0. The number of carbonyl (C=O) groups is 1. The van der Waals surface area contributed by atoms with E-state index in [4.69, 9.17) is 11.6 Å². The summed E-state index contributed by atoms with van der Waals surface area (Å²) in [5.74, 6) is -0.341. The van der Waals surface area contributed by atoms with Crippen LogP contribution in [-0.4, -0.2) is 30.1 Å². The highest BCUT2D eigenvalue weighted by atomic mass is 79.9. The van der Waals surface area contributed by atoms with E-state index in [1.54, 1.807) is 14.1 Å². The molecule has 0 atom stereocenters. The van der Waals surface area contributed by atoms with Gasteiger partial charge in [-0.2, -0.15) is 5.10 Å². The summed E-state index contributed by atoms with van der Waals surface area (Å²) in [4.78, 5) is 12.7. The largest absolute Gasteiger partial charge is 0.343 e. The van der Waals surface area contributed by atoms with Crippen LogP contribution in [0.25, 0.3) is 0 Å². The lowest BCUT2D eigenvalue weighted by Crippen LogP contribution is -2.27. The number of nitrogens with zero attached hydrogens (tertiary/aromatic N) is 2. The van der Waals surface area contributed by atoms with E-state index < -0.39 is 0 Å². The number of hydrazone groups is 1. The van der Waals surface area contributed by atoms with Gasteiger partial charge in [-0.3, -0.25) is 10.2 Å². The minimum atomic E-state index is -0.341. The van der Waals surface area contributed by atoms with Gasteiger partial charge in [0.2, 0.25) is 5.17 Å². The van der Waals surface area contributed by atoms with Gasteiger partial charge in [0.05, 0.1) is 5.69 Å². The van der Waals surface area contributed by atoms with Gasteiger partial charge >= 0.3 is 0 Å². The van der Waals surface area contributed by atoms with Gasteiger partial charge in [-0.25, -0.2) is 0 Å². The highest BCUT2D eigenvalue weighted by Gasteiger charge is 2.10. The van der Waals surface area contributed by atoms with Crippen LogP contribution in [0.3, 0.4) is 0 Å². The lowest BCUT2D eigenvalue weighted by atomic mass is 10.3. The molecule has 0 aliphatic rings. The second-order valence-electron chi connectivity index (χ2n) is 3.22. The minimum absolute atomic E-state index is 0.104. The predicted molar refractivity (Wildman–Crippen MR) is 69.7 cm³/mol. The SMILES string of the molecule is CN(C)C(=O)C(Cl)=NNc1ccc(Br)cc1. The standard InChI is InChI=1S/C10H11BrClN3O/c1-15(2)10(16)9(12)14-13-8-5-3-7(11)4-6-8/h3-6,13H,1-2H3. The number of benzene rings is 1. The van der Waals surface area contributed by atoms with E-state index in [1.165, 1.54) is 4.90 Å². The zero-order valence-electron chi connectivity index (χ0n) is 8.87. The molecule has 1 N–H and O–H groups in total. The summed E-state index contributed by atoms with van der Waals surface area (Å²) in [5.41, 5.74) is 3.45. The fraction of sp³-hybridized carbons (Fsp3) is 0.200. The first-order valence-electron chi connectivity index (χ1n) is 4.47. The van der Waals surface area contributed by atoms with E-state index in [1.807, 2.05) is 24.3 Å². The van der Waals surface area contributed by atoms with Crippen molar-refractivity contribution in [3.63, 3.8) is 0 Å². The molecule has 1 amide bonds. The van der Waals surface area contributed by atoms with E-state index in [0.29, 0.717) is 0 Å². The van der Waals surface area contributed by atoms with Crippen LogP contribution < -0.4 is 5.43 Å². The summed E-state index contributed by atoms with van der Waals surface area (Å²) in [6.07, 6.45) is 0. The molecule has 86 valence electrons. The molecule has 1 aromatic rings. The third-order valence-corrected chi connectivity index (χ3v) is 2.48. The molecule has 0 heterocycles. The van der Waals surface area contributed by atoms with E-state index in [2.05, 4.69) is 26.5 Å². The molecule has 0 unspecified atom stereocenters. The zero-order valence-corrected chi connectivity index (χ0v) is 11.2. The van der Waals surface area contributed by atoms with Crippen molar-refractivity contribution in [1.29, 1.82) is 0 Å². The van der Waals surface area contributed by atoms with E-state index in [-0.39, 0.29) is 11.1 Å². The molecule has 0 saturated carbocycles. The van der Waals surface area contributed by atoms with Crippen LogP contribution in [0.4, 0.5) is 5.69 Å². The molecule has 0 radical (unpaired) electrons. The topological polar surface area (TPSA) is 44.7 Å². The van der Waals surface area contributed by atoms with Crippen LogP contribution in [0.2, 0.25) is 0 Å². The number of amides is 1. The van der Waals surface area contributed by atoms with Crippen LogP contribution in [-0.2, 0) is 4.79 Å². The number of hydrogen-bond donors (Lipinski definition) is 1. The fourth-order valence-corrected chi connectivity index (χ4v) is 1.35. The molecule has 0 aliphatic carbocycles. The Bertz CT molecular complexity index is 403. The normalized spacial score (nSPS) is 11.1. The molecule has 0 spiro atoms. The molecule has 0 aliphatic heterocycles. The summed E-state index contributed by atoms with van der Waals surface area (Å²) in [6.45, 7) is 0. The number of halogens is 2. The van der Waals surface area contributed by atoms with Crippen LogP contribution in [0.15, 0.2) is 33.8 Å². The maximum Gasteiger partial charge on any atom is 0.285 e. The lowest BCUT2D eigenvalue weighted by Gasteiger charge is -2.08. The third kappa shape index (κ3) is 3.83. The van der Waals surface area contributed by atoms with Crippen molar-refractivity contribution in [3.05, 3.63) is 28.7 Å². The molecule has 6 heteroatoms. The van der Waals surface area contributed by atoms with Gasteiger partial charge in [0.15, 0.2) is 0 Å². The number of rotatable bonds is 3. The zero-order chi connectivity index (χ0) is 12.1. The second kappa shape index (κ2) is 5.86. The Balaban J connectivity index is 2.66. The molecule has 0 fully saturated rings. The quantitative estimate of drug-likeness (QED) is 0.689. The number of carbonyl (C=O) groups excluding carboxylic acids is 1. The maximum atomic E-state index is 11.3. The van der Waals surface area contributed by atoms with Crippen molar-refractivity contribution in [1.82, 2.24) is 4.90 Å². The first-order valence-corrected chi connectivity index (χ1v) is 5.64. The van der Waals surface area contributed by atoms with Gasteiger partial charge in [0.25, 0.3) is 5.91 Å². The van der Waals surface area contributed by atoms with Gasteiger partial charge in [0.1, 0.15) is 0 Å². The van der Waals surface area contributed by atoms with Crippen molar-refractivity contribution in [2.75, 3.05) is 19.5 Å². The van der Waals surface area contributed by atoms with Crippen molar-refractivity contribution >= 4 is 44.3 Å². The Morgan fingerprint density at radius 2 is 1.94 bits per heavy atom. The summed E-state index contributed by atoms with van der Waals surface area (Å²) >= 11 is 9.01. The number of nitrogens with one attached hydrogen (secondary N) is 1. The second-order valence-corrected chi connectivity index (χ2v) is 4.49. The summed E-state index contributed by atoms with van der Waals surface area (Å²) in [5, 5.41) is 3.67. The Hall–Kier alpha value is -1.07. The predicted octanol–water partition coefficient (Wildman–Crippen LogP) is 2.50. The Morgan fingerprint density at radius 1 is 1.38 bits per heavy atom. The third-order valence-electron chi connectivity index (χ3n) is 1.71. The van der Waals surface area contributed by atoms with Crippen LogP contribution >= 0.6 is 27.5 Å². The maximum absolute atomic E-state index is 11.3. The highest BCUT2D eigenvalue weighted by molar-refractivity contribution is 9.10. The molecule has 1 rings (SSSR count). The molecule has 0 bridgehead atoms. The van der Waals surface area contributed by atoms with E-state index in [9.17, 15) is 4.79 Å². The average molecular weight is 305 g/mol. The molecule has 4 nitrogen and oxygen atoms in total. The minimum Gasteiger partial charge on any atom is -0.343 e.